The first kappa shape index (κ1) is 22.6. The van der Waals surface area contributed by atoms with Crippen LogP contribution >= 0.6 is 0 Å². The van der Waals surface area contributed by atoms with Crippen molar-refractivity contribution in [3.8, 4) is 12.0 Å². The molecule has 2 N–H and O–H groups in total. The van der Waals surface area contributed by atoms with E-state index >= 15 is 0 Å². The largest absolute Gasteiger partial charge is 0.468 e. The van der Waals surface area contributed by atoms with Crippen molar-refractivity contribution in [1.29, 1.82) is 0 Å². The molecule has 3 rings (SSSR count). The molecule has 168 valence electrons. The average molecular weight is 419 g/mol. The summed E-state index contributed by atoms with van der Waals surface area (Å²) in [7, 11) is 1.63. The first-order valence-electron chi connectivity index (χ1n) is 11.7. The summed E-state index contributed by atoms with van der Waals surface area (Å²) in [6.07, 6.45) is 12.3. The van der Waals surface area contributed by atoms with Crippen LogP contribution in [0.4, 0.5) is 5.82 Å². The molecule has 0 aliphatic carbocycles. The van der Waals surface area contributed by atoms with Gasteiger partial charge in [-0.2, -0.15) is 15.0 Å². The van der Waals surface area contributed by atoms with Gasteiger partial charge in [0.2, 0.25) is 0 Å². The molecule has 30 heavy (non-hydrogen) atoms. The Kier molecular flexibility index (Phi) is 8.99. The number of imidazole rings is 1. The number of aryl methyl sites for hydroxylation is 1. The Morgan fingerprint density at radius 2 is 1.63 bits per heavy atom. The zero-order valence-electron chi connectivity index (χ0n) is 18.7. The van der Waals surface area contributed by atoms with Gasteiger partial charge in [-0.15, -0.1) is 0 Å². The molecule has 8 nitrogen and oxygen atoms in total. The minimum absolute atomic E-state index is 0.315. The second-order valence-corrected chi connectivity index (χ2v) is 8.19. The van der Waals surface area contributed by atoms with Crippen molar-refractivity contribution < 1.29 is 9.47 Å². The van der Waals surface area contributed by atoms with Gasteiger partial charge in [0.05, 0.1) is 13.7 Å². The molecule has 0 amide bonds. The van der Waals surface area contributed by atoms with E-state index in [0.717, 1.165) is 25.8 Å². The standard InChI is InChI=1S/C22H38N6O2/c1-3-4-17-30-21-25-19(23)18-20(26-21)28(22(24-18)29-2)16-12-8-7-11-15-27-13-9-5-6-10-14-27/h3-17H2,1-2H3,(H2,23,25,26). The van der Waals surface area contributed by atoms with Crippen LogP contribution in [-0.2, 0) is 6.54 Å². The van der Waals surface area contributed by atoms with Gasteiger partial charge in [-0.25, -0.2) is 0 Å². The van der Waals surface area contributed by atoms with Gasteiger partial charge in [-0.05, 0) is 51.7 Å². The number of likely N-dealkylation sites (tertiary alicyclic amines) is 1. The highest BCUT2D eigenvalue weighted by molar-refractivity contribution is 5.83. The number of unbranched alkanes of at least 4 members (excludes halogenated alkanes) is 4. The number of anilines is 1. The van der Waals surface area contributed by atoms with Crippen LogP contribution in [0, 0.1) is 0 Å². The number of methoxy groups -OCH3 is 1. The van der Waals surface area contributed by atoms with E-state index in [1.165, 1.54) is 64.6 Å². The number of rotatable bonds is 12. The number of hydrogen-bond donors (Lipinski definition) is 1. The van der Waals surface area contributed by atoms with E-state index < -0.39 is 0 Å². The molecule has 3 heterocycles. The summed E-state index contributed by atoms with van der Waals surface area (Å²) < 4.78 is 13.1. The third-order valence-corrected chi connectivity index (χ3v) is 5.78. The summed E-state index contributed by atoms with van der Waals surface area (Å²) in [4.78, 5) is 15.9. The monoisotopic (exact) mass is 418 g/mol. The minimum atomic E-state index is 0.315. The quantitative estimate of drug-likeness (QED) is 0.520. The topological polar surface area (TPSA) is 91.3 Å². The molecule has 0 spiro atoms. The molecule has 2 aromatic rings. The van der Waals surface area contributed by atoms with Gasteiger partial charge in [0.15, 0.2) is 17.0 Å². The lowest BCUT2D eigenvalue weighted by atomic mass is 10.2. The van der Waals surface area contributed by atoms with Crippen LogP contribution in [0.2, 0.25) is 0 Å². The molecular weight excluding hydrogens is 380 g/mol. The zero-order chi connectivity index (χ0) is 21.2. The molecule has 0 unspecified atom stereocenters. The van der Waals surface area contributed by atoms with Crippen LogP contribution in [0.15, 0.2) is 0 Å². The van der Waals surface area contributed by atoms with Crippen LogP contribution < -0.4 is 15.2 Å². The summed E-state index contributed by atoms with van der Waals surface area (Å²) >= 11 is 0. The Hall–Kier alpha value is -2.09. The van der Waals surface area contributed by atoms with Gasteiger partial charge < -0.3 is 20.1 Å². The molecule has 2 aromatic heterocycles. The second kappa shape index (κ2) is 11.9. The molecule has 0 bridgehead atoms. The van der Waals surface area contributed by atoms with Crippen LogP contribution in [0.25, 0.3) is 11.2 Å². The second-order valence-electron chi connectivity index (χ2n) is 8.19. The van der Waals surface area contributed by atoms with Crippen molar-refractivity contribution in [2.24, 2.45) is 0 Å². The molecule has 8 heteroatoms. The Morgan fingerprint density at radius 1 is 0.900 bits per heavy atom. The lowest BCUT2D eigenvalue weighted by Crippen LogP contribution is -2.25. The van der Waals surface area contributed by atoms with E-state index in [-0.39, 0.29) is 0 Å². The summed E-state index contributed by atoms with van der Waals surface area (Å²) in [5.41, 5.74) is 7.38. The van der Waals surface area contributed by atoms with E-state index in [1.807, 2.05) is 4.57 Å². The highest BCUT2D eigenvalue weighted by Gasteiger charge is 2.17. The Morgan fingerprint density at radius 3 is 2.33 bits per heavy atom. The third kappa shape index (κ3) is 6.20. The van der Waals surface area contributed by atoms with E-state index in [4.69, 9.17) is 15.2 Å². The maximum Gasteiger partial charge on any atom is 0.320 e. The zero-order valence-corrected chi connectivity index (χ0v) is 18.7. The summed E-state index contributed by atoms with van der Waals surface area (Å²) in [5, 5.41) is 0. The minimum Gasteiger partial charge on any atom is -0.468 e. The molecule has 0 radical (unpaired) electrons. The highest BCUT2D eigenvalue weighted by Crippen LogP contribution is 2.26. The third-order valence-electron chi connectivity index (χ3n) is 5.78. The fourth-order valence-corrected chi connectivity index (χ4v) is 4.03. The molecule has 1 saturated heterocycles. The number of ether oxygens (including phenoxy) is 2. The summed E-state index contributed by atoms with van der Waals surface area (Å²) in [6.45, 7) is 7.30. The first-order valence-corrected chi connectivity index (χ1v) is 11.7. The average Bonchev–Trinajstić information content (AvgIpc) is 2.91. The molecule has 1 aliphatic heterocycles. The SMILES string of the molecule is CCCCOc1nc(N)c2nc(OC)n(CCCCCCN3CCCCCC3)c2n1. The van der Waals surface area contributed by atoms with Crippen LogP contribution in [-0.4, -0.2) is 57.8 Å². The van der Waals surface area contributed by atoms with Crippen molar-refractivity contribution in [3.05, 3.63) is 0 Å². The fraction of sp³-hybridized carbons (Fsp3) is 0.773. The predicted molar refractivity (Wildman–Crippen MR) is 120 cm³/mol. The molecule has 0 atom stereocenters. The van der Waals surface area contributed by atoms with E-state index in [9.17, 15) is 0 Å². The summed E-state index contributed by atoms with van der Waals surface area (Å²) in [5.74, 6) is 0.334. The van der Waals surface area contributed by atoms with E-state index in [2.05, 4.69) is 26.8 Å². The molecule has 1 fully saturated rings. The van der Waals surface area contributed by atoms with Crippen molar-refractivity contribution in [3.63, 3.8) is 0 Å². The Labute approximate surface area is 180 Å². The van der Waals surface area contributed by atoms with Gasteiger partial charge in [0, 0.05) is 6.54 Å². The van der Waals surface area contributed by atoms with Crippen molar-refractivity contribution in [2.75, 3.05) is 39.1 Å². The molecule has 0 aromatic carbocycles. The van der Waals surface area contributed by atoms with Crippen molar-refractivity contribution in [2.45, 2.75) is 77.7 Å². The number of nitrogens with zero attached hydrogens (tertiary/aromatic N) is 5. The van der Waals surface area contributed by atoms with E-state index in [1.54, 1.807) is 7.11 Å². The van der Waals surface area contributed by atoms with Crippen LogP contribution in [0.5, 0.6) is 12.0 Å². The smallest absolute Gasteiger partial charge is 0.320 e. The van der Waals surface area contributed by atoms with Gasteiger partial charge in [0.1, 0.15) is 0 Å². The van der Waals surface area contributed by atoms with Gasteiger partial charge in [-0.1, -0.05) is 39.0 Å². The normalized spacial score (nSPS) is 15.4. The van der Waals surface area contributed by atoms with Crippen LogP contribution in [0.1, 0.15) is 71.1 Å². The lowest BCUT2D eigenvalue weighted by Gasteiger charge is -2.19. The lowest BCUT2D eigenvalue weighted by molar-refractivity contribution is 0.277. The molecule has 1 aliphatic rings. The van der Waals surface area contributed by atoms with Gasteiger partial charge >= 0.3 is 6.01 Å². The highest BCUT2D eigenvalue weighted by atomic mass is 16.5. The number of fused-ring (bicyclic) bond motifs is 1. The first-order chi connectivity index (χ1) is 14.7. The van der Waals surface area contributed by atoms with Gasteiger partial charge in [-0.3, -0.25) is 4.57 Å². The number of aromatic nitrogens is 4. The molecular formula is C22H38N6O2. The maximum atomic E-state index is 6.11. The van der Waals surface area contributed by atoms with Crippen molar-refractivity contribution >= 4 is 17.0 Å². The van der Waals surface area contributed by atoms with Gasteiger partial charge in [0.25, 0.3) is 6.01 Å². The molecule has 0 saturated carbocycles. The van der Waals surface area contributed by atoms with Crippen molar-refractivity contribution in [1.82, 2.24) is 24.4 Å². The Balaban J connectivity index is 1.53. The fourth-order valence-electron chi connectivity index (χ4n) is 4.03. The summed E-state index contributed by atoms with van der Waals surface area (Å²) in [6, 6.07) is 0.843. The number of hydrogen-bond acceptors (Lipinski definition) is 7. The van der Waals surface area contributed by atoms with E-state index in [0.29, 0.717) is 35.6 Å². The number of nitrogens with two attached hydrogens (primary N) is 1. The maximum absolute atomic E-state index is 6.11. The number of nitrogen functional groups attached to an aromatic ring is 1. The Bertz CT molecular complexity index is 771. The predicted octanol–water partition coefficient (Wildman–Crippen LogP) is 4.03. The van der Waals surface area contributed by atoms with Crippen LogP contribution in [0.3, 0.4) is 0 Å².